The molecule has 17 heavy (non-hydrogen) atoms. The highest BCUT2D eigenvalue weighted by atomic mass is 35.5. The number of rotatable bonds is 5. The number of halogens is 1. The van der Waals surface area contributed by atoms with Gasteiger partial charge in [-0.1, -0.05) is 29.8 Å². The van der Waals surface area contributed by atoms with Gasteiger partial charge in [0.1, 0.15) is 0 Å². The third kappa shape index (κ3) is 3.76. The molecule has 0 aliphatic carbocycles. The van der Waals surface area contributed by atoms with Crippen LogP contribution in [-0.4, -0.2) is 13.1 Å². The lowest BCUT2D eigenvalue weighted by Crippen LogP contribution is -2.24. The van der Waals surface area contributed by atoms with Crippen LogP contribution in [0.1, 0.15) is 32.4 Å². The molecule has 0 fully saturated rings. The minimum Gasteiger partial charge on any atom is -0.367 e. The fraction of sp³-hybridized carbons (Fsp3) is 0.429. The van der Waals surface area contributed by atoms with Gasteiger partial charge in [0.2, 0.25) is 0 Å². The van der Waals surface area contributed by atoms with Crippen molar-refractivity contribution in [2.24, 2.45) is 5.73 Å². The van der Waals surface area contributed by atoms with E-state index in [1.165, 1.54) is 0 Å². The average Bonchev–Trinajstić information content (AvgIpc) is 2.25. The summed E-state index contributed by atoms with van der Waals surface area (Å²) in [6.45, 7) is 11.8. The molecular weight excluding hydrogens is 232 g/mol. The molecule has 94 valence electrons. The zero-order chi connectivity index (χ0) is 13.0. The lowest BCUT2D eigenvalue weighted by Gasteiger charge is -2.25. The molecule has 1 aromatic carbocycles. The van der Waals surface area contributed by atoms with Crippen molar-refractivity contribution in [1.29, 1.82) is 0 Å². The maximum atomic E-state index is 6.30. The largest absolute Gasteiger partial charge is 0.367 e. The molecule has 0 radical (unpaired) electrons. The van der Waals surface area contributed by atoms with E-state index >= 15 is 0 Å². The van der Waals surface area contributed by atoms with Crippen molar-refractivity contribution in [3.8, 4) is 0 Å². The van der Waals surface area contributed by atoms with Crippen LogP contribution >= 0.6 is 11.6 Å². The summed E-state index contributed by atoms with van der Waals surface area (Å²) in [5.74, 6) is 0. The van der Waals surface area contributed by atoms with Gasteiger partial charge in [-0.3, -0.25) is 0 Å². The number of benzene rings is 1. The average molecular weight is 253 g/mol. The Labute approximate surface area is 109 Å². The molecule has 2 nitrogen and oxygen atoms in total. The number of nitrogens with two attached hydrogens (primary N) is 1. The molecule has 0 saturated carbocycles. The molecule has 1 atom stereocenters. The summed E-state index contributed by atoms with van der Waals surface area (Å²) in [5, 5.41) is 0.753. The molecule has 0 spiro atoms. The molecule has 0 aliphatic rings. The van der Waals surface area contributed by atoms with Crippen molar-refractivity contribution < 1.29 is 0 Å². The molecular formula is C14H21ClN2. The lowest BCUT2D eigenvalue weighted by molar-refractivity contribution is 0.816. The highest BCUT2D eigenvalue weighted by Crippen LogP contribution is 2.28. The quantitative estimate of drug-likeness (QED) is 0.809. The molecule has 1 aromatic rings. The molecule has 0 aliphatic heterocycles. The van der Waals surface area contributed by atoms with Gasteiger partial charge < -0.3 is 10.6 Å². The first kappa shape index (κ1) is 14.1. The molecule has 2 N–H and O–H groups in total. The van der Waals surface area contributed by atoms with E-state index in [-0.39, 0.29) is 6.04 Å². The highest BCUT2D eigenvalue weighted by Gasteiger charge is 2.10. The maximum Gasteiger partial charge on any atom is 0.0643 e. The van der Waals surface area contributed by atoms with Crippen molar-refractivity contribution in [3.63, 3.8) is 0 Å². The number of hydrogen-bond donors (Lipinski definition) is 1. The fourth-order valence-electron chi connectivity index (χ4n) is 1.76. The molecule has 0 heterocycles. The summed E-state index contributed by atoms with van der Waals surface area (Å²) in [6, 6.07) is 6.03. The predicted octanol–water partition coefficient (Wildman–Crippen LogP) is 3.76. The smallest absolute Gasteiger partial charge is 0.0643 e. The Hall–Kier alpha value is -0.990. The van der Waals surface area contributed by atoms with Gasteiger partial charge >= 0.3 is 0 Å². The first-order chi connectivity index (χ1) is 7.95. The van der Waals surface area contributed by atoms with Crippen LogP contribution in [-0.2, 0) is 0 Å². The van der Waals surface area contributed by atoms with Gasteiger partial charge in [-0.15, -0.1) is 0 Å². The van der Waals surface area contributed by atoms with Crippen LogP contribution in [0.15, 0.2) is 30.4 Å². The highest BCUT2D eigenvalue weighted by molar-refractivity contribution is 6.33. The Morgan fingerprint density at radius 1 is 1.53 bits per heavy atom. The monoisotopic (exact) mass is 252 g/mol. The van der Waals surface area contributed by atoms with Gasteiger partial charge in [0.25, 0.3) is 0 Å². The zero-order valence-corrected chi connectivity index (χ0v) is 11.6. The first-order valence-corrected chi connectivity index (χ1v) is 6.27. The van der Waals surface area contributed by atoms with E-state index in [4.69, 9.17) is 17.3 Å². The summed E-state index contributed by atoms with van der Waals surface area (Å²) in [4.78, 5) is 2.20. The third-order valence-electron chi connectivity index (χ3n) is 2.68. The van der Waals surface area contributed by atoms with Crippen LogP contribution < -0.4 is 10.6 Å². The normalized spacial score (nSPS) is 12.3. The van der Waals surface area contributed by atoms with Crippen molar-refractivity contribution in [2.75, 3.05) is 18.0 Å². The van der Waals surface area contributed by atoms with Crippen molar-refractivity contribution in [3.05, 3.63) is 40.9 Å². The summed E-state index contributed by atoms with van der Waals surface area (Å²) >= 11 is 6.30. The van der Waals surface area contributed by atoms with Gasteiger partial charge in [-0.05, 0) is 38.5 Å². The van der Waals surface area contributed by atoms with Crippen LogP contribution in [0.4, 0.5) is 5.69 Å². The summed E-state index contributed by atoms with van der Waals surface area (Å²) < 4.78 is 0. The minimum atomic E-state index is 0.0118. The van der Waals surface area contributed by atoms with Gasteiger partial charge in [-0.25, -0.2) is 0 Å². The number of anilines is 1. The van der Waals surface area contributed by atoms with Crippen molar-refractivity contribution in [2.45, 2.75) is 26.8 Å². The predicted molar refractivity (Wildman–Crippen MR) is 76.8 cm³/mol. The van der Waals surface area contributed by atoms with E-state index < -0.39 is 0 Å². The molecule has 0 bridgehead atoms. The van der Waals surface area contributed by atoms with E-state index in [0.717, 1.165) is 34.9 Å². The SMILES string of the molecule is C=C(C)CN(CC)c1ccc([C@@H](C)N)cc1Cl. The second-order valence-electron chi connectivity index (χ2n) is 4.47. The molecule has 0 unspecified atom stereocenters. The van der Waals surface area contributed by atoms with Crippen LogP contribution in [0, 0.1) is 0 Å². The van der Waals surface area contributed by atoms with E-state index in [0.29, 0.717) is 0 Å². The van der Waals surface area contributed by atoms with Crippen LogP contribution in [0.25, 0.3) is 0 Å². The number of likely N-dealkylation sites (N-methyl/N-ethyl adjacent to an activating group) is 1. The Balaban J connectivity index is 3.00. The van der Waals surface area contributed by atoms with E-state index in [1.54, 1.807) is 0 Å². The zero-order valence-electron chi connectivity index (χ0n) is 10.8. The van der Waals surface area contributed by atoms with Crippen LogP contribution in [0.2, 0.25) is 5.02 Å². The Morgan fingerprint density at radius 3 is 2.59 bits per heavy atom. The first-order valence-electron chi connectivity index (χ1n) is 5.90. The topological polar surface area (TPSA) is 29.3 Å². The van der Waals surface area contributed by atoms with Gasteiger partial charge in [0, 0.05) is 19.1 Å². The Kier molecular flexibility index (Phi) is 5.03. The summed E-state index contributed by atoms with van der Waals surface area (Å²) in [5.41, 5.74) is 9.06. The van der Waals surface area contributed by atoms with Gasteiger partial charge in [0.15, 0.2) is 0 Å². The second kappa shape index (κ2) is 6.08. The van der Waals surface area contributed by atoms with Crippen LogP contribution in [0.5, 0.6) is 0 Å². The van der Waals surface area contributed by atoms with Crippen molar-refractivity contribution in [1.82, 2.24) is 0 Å². The molecule has 1 rings (SSSR count). The lowest BCUT2D eigenvalue weighted by atomic mass is 10.1. The Bertz CT molecular complexity index is 399. The maximum absolute atomic E-state index is 6.30. The molecule has 0 aromatic heterocycles. The van der Waals surface area contributed by atoms with E-state index in [2.05, 4.69) is 18.4 Å². The summed E-state index contributed by atoms with van der Waals surface area (Å²) in [6.07, 6.45) is 0. The van der Waals surface area contributed by atoms with Gasteiger partial charge in [-0.2, -0.15) is 0 Å². The molecule has 0 saturated heterocycles. The third-order valence-corrected chi connectivity index (χ3v) is 2.98. The van der Waals surface area contributed by atoms with Crippen LogP contribution in [0.3, 0.4) is 0 Å². The number of hydrogen-bond acceptors (Lipinski definition) is 2. The van der Waals surface area contributed by atoms with E-state index in [1.807, 2.05) is 32.0 Å². The fourth-order valence-corrected chi connectivity index (χ4v) is 2.06. The summed E-state index contributed by atoms with van der Waals surface area (Å²) in [7, 11) is 0. The number of nitrogens with zero attached hydrogens (tertiary/aromatic N) is 1. The standard InChI is InChI=1S/C14H21ClN2/c1-5-17(9-10(2)3)14-7-6-12(11(4)16)8-13(14)15/h6-8,11H,2,5,9,16H2,1,3-4H3/t11-/m1/s1. The Morgan fingerprint density at radius 2 is 2.18 bits per heavy atom. The van der Waals surface area contributed by atoms with Crippen molar-refractivity contribution >= 4 is 17.3 Å². The molecule has 0 amide bonds. The minimum absolute atomic E-state index is 0.0118. The second-order valence-corrected chi connectivity index (χ2v) is 4.88. The molecule has 3 heteroatoms. The van der Waals surface area contributed by atoms with E-state index in [9.17, 15) is 0 Å². The van der Waals surface area contributed by atoms with Gasteiger partial charge in [0.05, 0.1) is 10.7 Å².